The van der Waals surface area contributed by atoms with Gasteiger partial charge < -0.3 is 16.0 Å². The minimum absolute atomic E-state index is 0.00844. The molecule has 0 radical (unpaired) electrons. The number of benzene rings is 3. The van der Waals surface area contributed by atoms with Crippen LogP contribution in [0.2, 0.25) is 0 Å². The molecule has 6 nitrogen and oxygen atoms in total. The Morgan fingerprint density at radius 2 is 1.63 bits per heavy atom. The van der Waals surface area contributed by atoms with Gasteiger partial charge in [0.05, 0.1) is 12.3 Å². The van der Waals surface area contributed by atoms with E-state index in [1.807, 2.05) is 0 Å². The third-order valence-electron chi connectivity index (χ3n) is 7.11. The van der Waals surface area contributed by atoms with Gasteiger partial charge in [0.2, 0.25) is 5.78 Å². The van der Waals surface area contributed by atoms with E-state index in [0.717, 1.165) is 36.6 Å². The maximum Gasteiger partial charge on any atom is 0.310 e. The van der Waals surface area contributed by atoms with Crippen molar-refractivity contribution < 1.29 is 14.4 Å². The predicted molar refractivity (Wildman–Crippen MR) is 134 cm³/mol. The zero-order chi connectivity index (χ0) is 24.6. The van der Waals surface area contributed by atoms with Crippen LogP contribution in [0.5, 0.6) is 0 Å². The van der Waals surface area contributed by atoms with Crippen LogP contribution in [-0.4, -0.2) is 29.9 Å². The molecule has 0 bridgehead atoms. The van der Waals surface area contributed by atoms with Gasteiger partial charge in [-0.2, -0.15) is 0 Å². The van der Waals surface area contributed by atoms with Gasteiger partial charge in [-0.1, -0.05) is 60.5 Å². The van der Waals surface area contributed by atoms with Gasteiger partial charge in [0, 0.05) is 17.5 Å². The lowest BCUT2D eigenvalue weighted by molar-refractivity contribution is -0.139. The van der Waals surface area contributed by atoms with Crippen molar-refractivity contribution in [2.75, 3.05) is 6.54 Å². The Hall–Kier alpha value is -4.24. The number of Topliss-reactive ketones (excluding diaryl/α,β-unsaturated/α-hetero) is 1. The summed E-state index contributed by atoms with van der Waals surface area (Å²) in [6, 6.07) is 17.5. The number of rotatable bonds is 7. The molecule has 1 saturated carbocycles. The molecule has 3 N–H and O–H groups in total. The molecule has 0 unspecified atom stereocenters. The summed E-state index contributed by atoms with van der Waals surface area (Å²) < 4.78 is 0. The number of ketones is 1. The van der Waals surface area contributed by atoms with E-state index in [1.165, 1.54) is 16.5 Å². The SMILES string of the molecule is C#CCNC(=O)C(=O)NCc1ccccc1C(=O)C(=N)C1(c2ccc3c4c(cccc24)CC3)CC1. The quantitative estimate of drug-likeness (QED) is 0.217. The van der Waals surface area contributed by atoms with Crippen molar-refractivity contribution in [2.24, 2.45) is 0 Å². The van der Waals surface area contributed by atoms with E-state index < -0.39 is 17.2 Å². The summed E-state index contributed by atoms with van der Waals surface area (Å²) in [5.74, 6) is 0.224. The molecule has 0 spiro atoms. The predicted octanol–water partition coefficient (Wildman–Crippen LogP) is 3.24. The van der Waals surface area contributed by atoms with Crippen LogP contribution in [0.4, 0.5) is 0 Å². The Labute approximate surface area is 203 Å². The third kappa shape index (κ3) is 3.89. The molecule has 0 aromatic heterocycles. The normalized spacial score (nSPS) is 14.7. The largest absolute Gasteiger partial charge is 0.344 e. The topological polar surface area (TPSA) is 99.1 Å². The maximum atomic E-state index is 13.6. The van der Waals surface area contributed by atoms with Crippen LogP contribution in [0.25, 0.3) is 10.8 Å². The summed E-state index contributed by atoms with van der Waals surface area (Å²) in [5.41, 5.74) is 4.11. The maximum absolute atomic E-state index is 13.6. The summed E-state index contributed by atoms with van der Waals surface area (Å²) in [7, 11) is 0. The zero-order valence-corrected chi connectivity index (χ0v) is 19.2. The van der Waals surface area contributed by atoms with Crippen molar-refractivity contribution >= 4 is 34.1 Å². The van der Waals surface area contributed by atoms with E-state index in [9.17, 15) is 14.4 Å². The first-order valence-electron chi connectivity index (χ1n) is 11.7. The molecule has 0 aliphatic heterocycles. The molecule has 0 atom stereocenters. The van der Waals surface area contributed by atoms with Gasteiger partial charge in [-0.05, 0) is 58.7 Å². The number of amides is 2. The van der Waals surface area contributed by atoms with Crippen LogP contribution in [0, 0.1) is 17.8 Å². The van der Waals surface area contributed by atoms with Crippen molar-refractivity contribution in [1.29, 1.82) is 5.41 Å². The molecule has 174 valence electrons. The van der Waals surface area contributed by atoms with Gasteiger partial charge in [0.25, 0.3) is 0 Å². The smallest absolute Gasteiger partial charge is 0.310 e. The molecule has 1 fully saturated rings. The standard InChI is InChI=1S/C29H25N3O3/c1-2-16-31-27(34)28(35)32-17-20-6-3-4-8-21(20)25(33)26(30)29(14-15-29)23-13-12-19-11-10-18-7-5-9-22(23)24(18)19/h1,3-9,12-13,30H,10-11,14-17H2,(H,31,34)(H,32,35). The highest BCUT2D eigenvalue weighted by Crippen LogP contribution is 2.52. The molecule has 2 aliphatic rings. The van der Waals surface area contributed by atoms with E-state index in [4.69, 9.17) is 11.8 Å². The van der Waals surface area contributed by atoms with Crippen LogP contribution >= 0.6 is 0 Å². The average molecular weight is 464 g/mol. The Bertz CT molecular complexity index is 1430. The third-order valence-corrected chi connectivity index (χ3v) is 7.11. The Morgan fingerprint density at radius 3 is 2.37 bits per heavy atom. The second-order valence-corrected chi connectivity index (χ2v) is 9.12. The molecule has 3 aromatic carbocycles. The average Bonchev–Trinajstić information content (AvgIpc) is 3.59. The van der Waals surface area contributed by atoms with Crippen molar-refractivity contribution in [2.45, 2.75) is 37.6 Å². The van der Waals surface area contributed by atoms with Gasteiger partial charge >= 0.3 is 11.8 Å². The summed E-state index contributed by atoms with van der Waals surface area (Å²) in [4.78, 5) is 37.4. The second-order valence-electron chi connectivity index (χ2n) is 9.12. The molecular formula is C29H25N3O3. The van der Waals surface area contributed by atoms with E-state index in [2.05, 4.69) is 46.9 Å². The number of nitrogens with one attached hydrogen (secondary N) is 3. The van der Waals surface area contributed by atoms with Crippen molar-refractivity contribution in [3.8, 4) is 12.3 Å². The van der Waals surface area contributed by atoms with E-state index >= 15 is 0 Å². The second kappa shape index (κ2) is 8.84. The van der Waals surface area contributed by atoms with Gasteiger partial charge in [-0.15, -0.1) is 6.42 Å². The summed E-state index contributed by atoms with van der Waals surface area (Å²) >= 11 is 0. The van der Waals surface area contributed by atoms with Crippen molar-refractivity contribution in [1.82, 2.24) is 10.6 Å². The van der Waals surface area contributed by atoms with E-state index in [0.29, 0.717) is 11.1 Å². The summed E-state index contributed by atoms with van der Waals surface area (Å²) in [6.07, 6.45) is 8.66. The lowest BCUT2D eigenvalue weighted by Gasteiger charge is -2.20. The number of carbonyl (C=O) groups excluding carboxylic acids is 3. The minimum atomic E-state index is -0.830. The first kappa shape index (κ1) is 22.5. The first-order valence-corrected chi connectivity index (χ1v) is 11.7. The molecular weight excluding hydrogens is 438 g/mol. The number of carbonyl (C=O) groups is 3. The summed E-state index contributed by atoms with van der Waals surface area (Å²) in [6.45, 7) is -0.0524. The minimum Gasteiger partial charge on any atom is -0.344 e. The van der Waals surface area contributed by atoms with Crippen LogP contribution < -0.4 is 10.6 Å². The lowest BCUT2D eigenvalue weighted by Crippen LogP contribution is -2.40. The lowest BCUT2D eigenvalue weighted by atomic mass is 9.82. The zero-order valence-electron chi connectivity index (χ0n) is 19.2. The van der Waals surface area contributed by atoms with Crippen LogP contribution in [0.15, 0.2) is 54.6 Å². The highest BCUT2D eigenvalue weighted by Gasteiger charge is 2.51. The molecule has 6 heteroatoms. The molecule has 5 rings (SSSR count). The van der Waals surface area contributed by atoms with E-state index in [-0.39, 0.29) is 24.6 Å². The van der Waals surface area contributed by atoms with Crippen LogP contribution in [0.3, 0.4) is 0 Å². The highest BCUT2D eigenvalue weighted by atomic mass is 16.2. The highest BCUT2D eigenvalue weighted by molar-refractivity contribution is 6.49. The van der Waals surface area contributed by atoms with Crippen molar-refractivity contribution in [3.63, 3.8) is 0 Å². The number of terminal acetylenes is 1. The fraction of sp³-hybridized carbons (Fsp3) is 0.241. The van der Waals surface area contributed by atoms with Gasteiger partial charge in [-0.25, -0.2) is 0 Å². The Balaban J connectivity index is 1.40. The number of aryl methyl sites for hydroxylation is 2. The Kier molecular flexibility index (Phi) is 5.70. The molecule has 3 aromatic rings. The van der Waals surface area contributed by atoms with E-state index in [1.54, 1.807) is 24.3 Å². The van der Waals surface area contributed by atoms with Gasteiger partial charge in [0.1, 0.15) is 0 Å². The van der Waals surface area contributed by atoms with Gasteiger partial charge in [0.15, 0.2) is 0 Å². The fourth-order valence-corrected chi connectivity index (χ4v) is 5.16. The van der Waals surface area contributed by atoms with Crippen LogP contribution in [-0.2, 0) is 34.4 Å². The fourth-order valence-electron chi connectivity index (χ4n) is 5.16. The number of hydrogen-bond donors (Lipinski definition) is 3. The van der Waals surface area contributed by atoms with Gasteiger partial charge in [-0.3, -0.25) is 14.4 Å². The van der Waals surface area contributed by atoms with Crippen LogP contribution in [0.1, 0.15) is 45.5 Å². The van der Waals surface area contributed by atoms with Crippen molar-refractivity contribution in [3.05, 3.63) is 82.4 Å². The molecule has 0 heterocycles. The number of hydrogen-bond acceptors (Lipinski definition) is 4. The monoisotopic (exact) mass is 463 g/mol. The molecule has 2 aliphatic carbocycles. The molecule has 2 amide bonds. The molecule has 0 saturated heterocycles. The Morgan fingerprint density at radius 1 is 0.914 bits per heavy atom. The first-order chi connectivity index (χ1) is 17.0. The molecule has 35 heavy (non-hydrogen) atoms. The summed E-state index contributed by atoms with van der Waals surface area (Å²) in [5, 5.41) is 16.2.